The standard InChI is InChI=1S/C16H20O5/c1-20-15(17)8-6-11-5-7-14(13(9-11)16(18)19)21-10-12-3-2-4-12/h5,7,9,12H,2-4,6,8,10H2,1H3,(H,18,19). The summed E-state index contributed by atoms with van der Waals surface area (Å²) < 4.78 is 10.2. The number of aryl methyl sites for hydroxylation is 1. The fourth-order valence-electron chi connectivity index (χ4n) is 2.24. The molecule has 0 unspecified atom stereocenters. The van der Waals surface area contributed by atoms with Crippen LogP contribution in [0.1, 0.15) is 41.6 Å². The van der Waals surface area contributed by atoms with Crippen molar-refractivity contribution >= 4 is 11.9 Å². The normalized spacial score (nSPS) is 14.3. The average molecular weight is 292 g/mol. The van der Waals surface area contributed by atoms with Crippen LogP contribution in [0.3, 0.4) is 0 Å². The Balaban J connectivity index is 2.03. The molecular formula is C16H20O5. The van der Waals surface area contributed by atoms with E-state index in [0.717, 1.165) is 18.4 Å². The molecule has 1 fully saturated rings. The summed E-state index contributed by atoms with van der Waals surface area (Å²) in [5.74, 6) is -0.377. The minimum Gasteiger partial charge on any atom is -0.492 e. The summed E-state index contributed by atoms with van der Waals surface area (Å²) in [6.45, 7) is 0.571. The first-order valence-electron chi connectivity index (χ1n) is 7.16. The molecule has 1 aliphatic rings. The van der Waals surface area contributed by atoms with Gasteiger partial charge in [0.15, 0.2) is 0 Å². The zero-order valence-corrected chi connectivity index (χ0v) is 12.1. The molecule has 0 amide bonds. The Labute approximate surface area is 123 Å². The highest BCUT2D eigenvalue weighted by Crippen LogP contribution is 2.28. The van der Waals surface area contributed by atoms with Crippen molar-refractivity contribution in [1.29, 1.82) is 0 Å². The SMILES string of the molecule is COC(=O)CCc1ccc(OCC2CCC2)c(C(=O)O)c1. The molecule has 0 bridgehead atoms. The second-order valence-corrected chi connectivity index (χ2v) is 5.32. The van der Waals surface area contributed by atoms with E-state index < -0.39 is 5.97 Å². The van der Waals surface area contributed by atoms with Gasteiger partial charge in [0.1, 0.15) is 11.3 Å². The molecule has 1 saturated carbocycles. The molecule has 1 aliphatic carbocycles. The van der Waals surface area contributed by atoms with Crippen LogP contribution in [0.4, 0.5) is 0 Å². The van der Waals surface area contributed by atoms with Crippen molar-refractivity contribution < 1.29 is 24.2 Å². The summed E-state index contributed by atoms with van der Waals surface area (Å²) >= 11 is 0. The molecule has 1 aromatic rings. The van der Waals surface area contributed by atoms with E-state index in [0.29, 0.717) is 24.7 Å². The lowest BCUT2D eigenvalue weighted by Crippen LogP contribution is -2.20. The largest absolute Gasteiger partial charge is 0.492 e. The lowest BCUT2D eigenvalue weighted by molar-refractivity contribution is -0.140. The Morgan fingerprint density at radius 3 is 2.67 bits per heavy atom. The van der Waals surface area contributed by atoms with E-state index in [1.807, 2.05) is 0 Å². The third kappa shape index (κ3) is 4.21. The first-order valence-corrected chi connectivity index (χ1v) is 7.16. The van der Waals surface area contributed by atoms with Crippen LogP contribution in [0.25, 0.3) is 0 Å². The van der Waals surface area contributed by atoms with Gasteiger partial charge in [-0.25, -0.2) is 4.79 Å². The van der Waals surface area contributed by atoms with Gasteiger partial charge in [-0.05, 0) is 42.9 Å². The third-order valence-corrected chi connectivity index (χ3v) is 3.82. The topological polar surface area (TPSA) is 72.8 Å². The molecule has 0 atom stereocenters. The van der Waals surface area contributed by atoms with E-state index in [9.17, 15) is 14.7 Å². The van der Waals surface area contributed by atoms with Crippen molar-refractivity contribution in [1.82, 2.24) is 0 Å². The van der Waals surface area contributed by atoms with Crippen LogP contribution in [-0.4, -0.2) is 30.8 Å². The van der Waals surface area contributed by atoms with Crippen LogP contribution >= 0.6 is 0 Å². The number of carboxylic acids is 1. The molecular weight excluding hydrogens is 272 g/mol. The summed E-state index contributed by atoms with van der Waals surface area (Å²) in [6.07, 6.45) is 4.22. The smallest absolute Gasteiger partial charge is 0.339 e. The summed E-state index contributed by atoms with van der Waals surface area (Å²) in [5.41, 5.74) is 0.936. The zero-order valence-electron chi connectivity index (χ0n) is 12.1. The van der Waals surface area contributed by atoms with Gasteiger partial charge >= 0.3 is 11.9 Å². The molecule has 1 N–H and O–H groups in total. The Hall–Kier alpha value is -2.04. The number of carboxylic acid groups (broad SMARTS) is 1. The van der Waals surface area contributed by atoms with Crippen molar-refractivity contribution in [3.8, 4) is 5.75 Å². The van der Waals surface area contributed by atoms with Crippen molar-refractivity contribution in [2.24, 2.45) is 5.92 Å². The predicted molar refractivity (Wildman–Crippen MR) is 76.6 cm³/mol. The second kappa shape index (κ2) is 7.11. The quantitative estimate of drug-likeness (QED) is 0.782. The fraction of sp³-hybridized carbons (Fsp3) is 0.500. The summed E-state index contributed by atoms with van der Waals surface area (Å²) in [6, 6.07) is 5.04. The summed E-state index contributed by atoms with van der Waals surface area (Å²) in [7, 11) is 1.34. The molecule has 1 aromatic carbocycles. The Morgan fingerprint density at radius 2 is 2.10 bits per heavy atom. The number of ether oxygens (including phenoxy) is 2. The number of carbonyl (C=O) groups is 2. The molecule has 21 heavy (non-hydrogen) atoms. The highest BCUT2D eigenvalue weighted by atomic mass is 16.5. The maximum Gasteiger partial charge on any atom is 0.339 e. The van der Waals surface area contributed by atoms with E-state index in [4.69, 9.17) is 4.74 Å². The van der Waals surface area contributed by atoms with Crippen LogP contribution in [0.15, 0.2) is 18.2 Å². The number of aromatic carboxylic acids is 1. The van der Waals surface area contributed by atoms with Gasteiger partial charge in [0.05, 0.1) is 13.7 Å². The number of carbonyl (C=O) groups excluding carboxylic acids is 1. The Bertz CT molecular complexity index is 519. The van der Waals surface area contributed by atoms with Gasteiger partial charge < -0.3 is 14.6 Å². The van der Waals surface area contributed by atoms with Crippen LogP contribution in [0.5, 0.6) is 5.75 Å². The second-order valence-electron chi connectivity index (χ2n) is 5.32. The maximum absolute atomic E-state index is 11.3. The van der Waals surface area contributed by atoms with Crippen molar-refractivity contribution in [3.63, 3.8) is 0 Å². The molecule has 2 rings (SSSR count). The third-order valence-electron chi connectivity index (χ3n) is 3.82. The zero-order chi connectivity index (χ0) is 15.2. The van der Waals surface area contributed by atoms with E-state index >= 15 is 0 Å². The molecule has 0 radical (unpaired) electrons. The number of esters is 1. The number of rotatable bonds is 7. The van der Waals surface area contributed by atoms with Crippen LogP contribution in [0.2, 0.25) is 0 Å². The van der Waals surface area contributed by atoms with E-state index in [-0.39, 0.29) is 18.0 Å². The van der Waals surface area contributed by atoms with Gasteiger partial charge in [-0.3, -0.25) is 4.79 Å². The molecule has 0 aliphatic heterocycles. The predicted octanol–water partition coefficient (Wildman–Crippen LogP) is 2.67. The van der Waals surface area contributed by atoms with Crippen molar-refractivity contribution in [3.05, 3.63) is 29.3 Å². The monoisotopic (exact) mass is 292 g/mol. The molecule has 0 aromatic heterocycles. The number of hydrogen-bond donors (Lipinski definition) is 1. The first kappa shape index (κ1) is 15.4. The van der Waals surface area contributed by atoms with Gasteiger partial charge in [0, 0.05) is 6.42 Å². The highest BCUT2D eigenvalue weighted by molar-refractivity contribution is 5.91. The van der Waals surface area contributed by atoms with Gasteiger partial charge in [0.25, 0.3) is 0 Å². The van der Waals surface area contributed by atoms with Crippen LogP contribution < -0.4 is 4.74 Å². The maximum atomic E-state index is 11.3. The minimum atomic E-state index is -1.02. The number of hydrogen-bond acceptors (Lipinski definition) is 4. The Kier molecular flexibility index (Phi) is 5.20. The lowest BCUT2D eigenvalue weighted by Gasteiger charge is -2.25. The Morgan fingerprint density at radius 1 is 1.33 bits per heavy atom. The van der Waals surface area contributed by atoms with E-state index in [1.54, 1.807) is 18.2 Å². The number of methoxy groups -OCH3 is 1. The molecule has 0 spiro atoms. The van der Waals surface area contributed by atoms with Crippen LogP contribution in [-0.2, 0) is 16.0 Å². The van der Waals surface area contributed by atoms with Crippen LogP contribution in [0, 0.1) is 5.92 Å². The summed E-state index contributed by atoms with van der Waals surface area (Å²) in [4.78, 5) is 22.4. The minimum absolute atomic E-state index is 0.150. The summed E-state index contributed by atoms with van der Waals surface area (Å²) in [5, 5.41) is 9.28. The fourth-order valence-corrected chi connectivity index (χ4v) is 2.24. The lowest BCUT2D eigenvalue weighted by atomic mass is 9.86. The number of benzene rings is 1. The molecule has 5 nitrogen and oxygen atoms in total. The average Bonchev–Trinajstić information content (AvgIpc) is 2.43. The van der Waals surface area contributed by atoms with Gasteiger partial charge in [-0.1, -0.05) is 12.5 Å². The van der Waals surface area contributed by atoms with E-state index in [2.05, 4.69) is 4.74 Å². The first-order chi connectivity index (χ1) is 10.1. The van der Waals surface area contributed by atoms with Gasteiger partial charge in [-0.15, -0.1) is 0 Å². The molecule has 0 saturated heterocycles. The van der Waals surface area contributed by atoms with Gasteiger partial charge in [-0.2, -0.15) is 0 Å². The van der Waals surface area contributed by atoms with Crippen molar-refractivity contribution in [2.45, 2.75) is 32.1 Å². The molecule has 5 heteroatoms. The van der Waals surface area contributed by atoms with Crippen molar-refractivity contribution in [2.75, 3.05) is 13.7 Å². The van der Waals surface area contributed by atoms with E-state index in [1.165, 1.54) is 13.5 Å². The van der Waals surface area contributed by atoms with Gasteiger partial charge in [0.2, 0.25) is 0 Å². The highest BCUT2D eigenvalue weighted by Gasteiger charge is 2.20. The molecule has 114 valence electrons. The molecule has 0 heterocycles.